The predicted molar refractivity (Wildman–Crippen MR) is 256 cm³/mol. The molecule has 0 aliphatic heterocycles. The summed E-state index contributed by atoms with van der Waals surface area (Å²) in [5.41, 5.74) is 22.9. The van der Waals surface area contributed by atoms with Crippen LogP contribution < -0.4 is 0 Å². The van der Waals surface area contributed by atoms with E-state index in [1.54, 1.807) is 0 Å². The van der Waals surface area contributed by atoms with E-state index in [-0.39, 0.29) is 11.3 Å². The van der Waals surface area contributed by atoms with Crippen LogP contribution in [0.1, 0.15) is 51.3 Å². The van der Waals surface area contributed by atoms with Crippen LogP contribution in [0.5, 0.6) is 0 Å². The molecule has 0 radical (unpaired) electrons. The van der Waals surface area contributed by atoms with Gasteiger partial charge >= 0.3 is 0 Å². The van der Waals surface area contributed by atoms with Gasteiger partial charge in [-0.1, -0.05) is 176 Å². The summed E-state index contributed by atoms with van der Waals surface area (Å²) in [4.78, 5) is 10.3. The van der Waals surface area contributed by atoms with Crippen molar-refractivity contribution in [3.05, 3.63) is 239 Å². The molecule has 11 aromatic rings. The van der Waals surface area contributed by atoms with Gasteiger partial charge in [-0.3, -0.25) is 0 Å². The van der Waals surface area contributed by atoms with Gasteiger partial charge in [0.05, 0.1) is 22.2 Å². The molecule has 0 saturated carbocycles. The molecule has 0 N–H and O–H groups in total. The summed E-state index contributed by atoms with van der Waals surface area (Å²) in [7, 11) is 0. The van der Waals surface area contributed by atoms with Crippen LogP contribution in [-0.4, -0.2) is 9.97 Å². The van der Waals surface area contributed by atoms with Crippen LogP contribution in [0.15, 0.2) is 205 Å². The number of benzene rings is 9. The average molecular weight is 803 g/mol. The first kappa shape index (κ1) is 34.8. The Labute approximate surface area is 365 Å². The third kappa shape index (κ3) is 4.74. The molecule has 294 valence electrons. The highest BCUT2D eigenvalue weighted by Crippen LogP contribution is 2.64. The van der Waals surface area contributed by atoms with Gasteiger partial charge in [-0.2, -0.15) is 0 Å². The average Bonchev–Trinajstić information content (AvgIpc) is 3.94. The molecule has 1 spiro atoms. The number of furan rings is 1. The zero-order chi connectivity index (χ0) is 41.2. The van der Waals surface area contributed by atoms with Gasteiger partial charge < -0.3 is 4.42 Å². The molecule has 2 heterocycles. The van der Waals surface area contributed by atoms with Crippen molar-refractivity contribution in [2.75, 3.05) is 0 Å². The smallest absolute Gasteiger partial charge is 0.164 e. The lowest BCUT2D eigenvalue weighted by Crippen LogP contribution is -2.25. The molecule has 0 saturated heterocycles. The molecule has 3 heteroatoms. The number of rotatable bonds is 3. The standard InChI is InChI=1S/C60H38N2O/c1-2-15-36(16-3-1)57-47-22-9-13-28-54(47)61-59(62-57)48-24-14-23-45-49-35-37(29-34-55(49)63-58(45)48)38-30-31-44-41(40-18-5-4-17-39(38)40)32-33-53-56(44)46-21-8-12-27-52(46)60(53)50-25-10-6-19-42(50)43-20-7-11-26-51(43)60/h1-29,32-35,38H,30-31H2. The van der Waals surface area contributed by atoms with Gasteiger partial charge in [-0.05, 0) is 109 Å². The highest BCUT2D eigenvalue weighted by Gasteiger charge is 2.52. The van der Waals surface area contributed by atoms with Crippen molar-refractivity contribution in [2.45, 2.75) is 24.2 Å². The molecule has 1 unspecified atom stereocenters. The topological polar surface area (TPSA) is 38.9 Å². The zero-order valence-corrected chi connectivity index (χ0v) is 34.3. The van der Waals surface area contributed by atoms with Gasteiger partial charge in [0.25, 0.3) is 0 Å². The minimum absolute atomic E-state index is 0.192. The van der Waals surface area contributed by atoms with E-state index < -0.39 is 0 Å². The first-order chi connectivity index (χ1) is 31.3. The fourth-order valence-electron chi connectivity index (χ4n) is 11.8. The Morgan fingerprint density at radius 1 is 0.460 bits per heavy atom. The molecule has 0 amide bonds. The van der Waals surface area contributed by atoms with Gasteiger partial charge in [0.1, 0.15) is 11.2 Å². The van der Waals surface area contributed by atoms with Crippen molar-refractivity contribution in [3.63, 3.8) is 0 Å². The lowest BCUT2D eigenvalue weighted by Gasteiger charge is -2.30. The van der Waals surface area contributed by atoms with E-state index in [1.807, 2.05) is 12.1 Å². The molecular weight excluding hydrogens is 765 g/mol. The molecule has 2 aromatic heterocycles. The lowest BCUT2D eigenvalue weighted by atomic mass is 9.70. The minimum Gasteiger partial charge on any atom is -0.455 e. The van der Waals surface area contributed by atoms with E-state index in [2.05, 4.69) is 188 Å². The maximum absolute atomic E-state index is 6.78. The summed E-state index contributed by atoms with van der Waals surface area (Å²) in [5.74, 6) is 0.853. The fourth-order valence-corrected chi connectivity index (χ4v) is 11.8. The molecular formula is C60H38N2O. The largest absolute Gasteiger partial charge is 0.455 e. The van der Waals surface area contributed by atoms with Gasteiger partial charge in [0.15, 0.2) is 5.82 Å². The van der Waals surface area contributed by atoms with Crippen molar-refractivity contribution in [1.82, 2.24) is 9.97 Å². The summed E-state index contributed by atoms with van der Waals surface area (Å²) in [6.45, 7) is 0. The molecule has 9 aromatic carbocycles. The zero-order valence-electron chi connectivity index (χ0n) is 34.3. The Kier molecular flexibility index (Phi) is 7.21. The Morgan fingerprint density at radius 3 is 1.92 bits per heavy atom. The Hall–Kier alpha value is -7.88. The summed E-state index contributed by atoms with van der Waals surface area (Å²) in [5, 5.41) is 3.22. The lowest BCUT2D eigenvalue weighted by molar-refractivity contribution is 0.668. The Bertz CT molecular complexity index is 3660. The molecule has 3 aliphatic carbocycles. The second kappa shape index (κ2) is 13.1. The minimum atomic E-state index is -0.355. The number of para-hydroxylation sites is 2. The van der Waals surface area contributed by atoms with Crippen LogP contribution >= 0.6 is 0 Å². The van der Waals surface area contributed by atoms with Crippen molar-refractivity contribution >= 4 is 32.8 Å². The van der Waals surface area contributed by atoms with Gasteiger partial charge in [0.2, 0.25) is 0 Å². The third-order valence-corrected chi connectivity index (χ3v) is 14.4. The first-order valence-corrected chi connectivity index (χ1v) is 22.1. The number of fused-ring (bicyclic) bond motifs is 18. The van der Waals surface area contributed by atoms with Crippen molar-refractivity contribution in [2.24, 2.45) is 0 Å². The summed E-state index contributed by atoms with van der Waals surface area (Å²) < 4.78 is 6.78. The second-order valence-corrected chi connectivity index (χ2v) is 17.4. The maximum atomic E-state index is 6.78. The molecule has 1 atom stereocenters. The molecule has 14 rings (SSSR count). The summed E-state index contributed by atoms with van der Waals surface area (Å²) in [6.07, 6.45) is 1.95. The summed E-state index contributed by atoms with van der Waals surface area (Å²) in [6, 6.07) is 73.3. The number of hydrogen-bond donors (Lipinski definition) is 0. The van der Waals surface area contributed by atoms with Crippen LogP contribution in [0.4, 0.5) is 0 Å². The Morgan fingerprint density at radius 2 is 1.11 bits per heavy atom. The van der Waals surface area contributed by atoms with E-state index in [4.69, 9.17) is 14.4 Å². The second-order valence-electron chi connectivity index (χ2n) is 17.4. The van der Waals surface area contributed by atoms with Crippen LogP contribution in [-0.2, 0) is 11.8 Å². The number of hydrogen-bond acceptors (Lipinski definition) is 3. The van der Waals surface area contributed by atoms with Gasteiger partial charge in [-0.15, -0.1) is 0 Å². The number of aromatic nitrogens is 2. The summed E-state index contributed by atoms with van der Waals surface area (Å²) >= 11 is 0. The predicted octanol–water partition coefficient (Wildman–Crippen LogP) is 15.0. The fraction of sp³-hybridized carbons (Fsp3) is 0.0667. The highest BCUT2D eigenvalue weighted by atomic mass is 16.3. The van der Waals surface area contributed by atoms with Crippen molar-refractivity contribution in [3.8, 4) is 56.0 Å². The van der Waals surface area contributed by atoms with E-state index in [0.717, 1.165) is 62.5 Å². The molecule has 0 bridgehead atoms. The maximum Gasteiger partial charge on any atom is 0.164 e. The van der Waals surface area contributed by atoms with Crippen LogP contribution in [0.25, 0.3) is 88.9 Å². The van der Waals surface area contributed by atoms with Gasteiger partial charge in [-0.25, -0.2) is 9.97 Å². The molecule has 63 heavy (non-hydrogen) atoms. The monoisotopic (exact) mass is 802 g/mol. The normalized spacial score (nSPS) is 15.1. The molecule has 3 nitrogen and oxygen atoms in total. The van der Waals surface area contributed by atoms with E-state index in [9.17, 15) is 0 Å². The number of nitrogens with zero attached hydrogens (tertiary/aromatic N) is 2. The highest BCUT2D eigenvalue weighted by molar-refractivity contribution is 6.10. The SMILES string of the molecule is c1ccc(-c2nc(-c3cccc4c3oc3ccc(C5CCc6c(ccc7c6-c6ccccc6C76c7ccccc7-c7ccccc76)-c6ccccc65)cc34)nc3ccccc23)cc1. The van der Waals surface area contributed by atoms with Crippen molar-refractivity contribution in [1.29, 1.82) is 0 Å². The van der Waals surface area contributed by atoms with Crippen molar-refractivity contribution < 1.29 is 4.42 Å². The van der Waals surface area contributed by atoms with E-state index >= 15 is 0 Å². The van der Waals surface area contributed by atoms with Crippen LogP contribution in [0.3, 0.4) is 0 Å². The molecule has 3 aliphatic rings. The van der Waals surface area contributed by atoms with E-state index in [1.165, 1.54) is 72.3 Å². The third-order valence-electron chi connectivity index (χ3n) is 14.4. The molecule has 0 fully saturated rings. The first-order valence-electron chi connectivity index (χ1n) is 22.1. The van der Waals surface area contributed by atoms with E-state index in [0.29, 0.717) is 5.82 Å². The van der Waals surface area contributed by atoms with Gasteiger partial charge in [0, 0.05) is 27.6 Å². The quantitative estimate of drug-likeness (QED) is 0.179. The van der Waals surface area contributed by atoms with Crippen LogP contribution in [0, 0.1) is 0 Å². The Balaban J connectivity index is 0.913. The van der Waals surface area contributed by atoms with Crippen LogP contribution in [0.2, 0.25) is 0 Å².